The summed E-state index contributed by atoms with van der Waals surface area (Å²) < 4.78 is 0. The summed E-state index contributed by atoms with van der Waals surface area (Å²) in [7, 11) is 0. The lowest BCUT2D eigenvalue weighted by atomic mass is 9.98. The second-order valence-corrected chi connectivity index (χ2v) is 5.90. The highest BCUT2D eigenvalue weighted by molar-refractivity contribution is 7.99. The number of hydrogen-bond acceptors (Lipinski definition) is 3. The molecule has 3 nitrogen and oxygen atoms in total. The van der Waals surface area contributed by atoms with E-state index in [2.05, 4.69) is 0 Å². The molecule has 0 fully saturated rings. The Morgan fingerprint density at radius 3 is 2.65 bits per heavy atom. The van der Waals surface area contributed by atoms with Crippen molar-refractivity contribution >= 4 is 35.1 Å². The summed E-state index contributed by atoms with van der Waals surface area (Å²) in [6.07, 6.45) is 0.191. The van der Waals surface area contributed by atoms with Gasteiger partial charge in [-0.1, -0.05) is 41.6 Å². The predicted octanol–water partition coefficient (Wildman–Crippen LogP) is 3.93. The minimum atomic E-state index is -1.17. The molecule has 3 rings (SSSR count). The van der Waals surface area contributed by atoms with Crippen LogP contribution < -0.4 is 0 Å². The van der Waals surface area contributed by atoms with Gasteiger partial charge in [0.2, 0.25) is 0 Å². The van der Waals surface area contributed by atoms with Crippen molar-refractivity contribution in [2.45, 2.75) is 16.2 Å². The number of hydrogen-bond donors (Lipinski definition) is 1. The first-order chi connectivity index (χ1) is 9.58. The molecule has 100 valence electrons. The van der Waals surface area contributed by atoms with Crippen molar-refractivity contribution in [3.05, 3.63) is 58.1 Å². The summed E-state index contributed by atoms with van der Waals surface area (Å²) in [5.74, 6) is -1.39. The van der Waals surface area contributed by atoms with Gasteiger partial charge in [0, 0.05) is 21.8 Å². The predicted molar refractivity (Wildman–Crippen MR) is 77.0 cm³/mol. The van der Waals surface area contributed by atoms with Crippen molar-refractivity contribution in [3.63, 3.8) is 0 Å². The first kappa shape index (κ1) is 13.2. The molecule has 0 unspecified atom stereocenters. The van der Waals surface area contributed by atoms with E-state index in [1.807, 2.05) is 24.3 Å². The first-order valence-electron chi connectivity index (χ1n) is 5.92. The third-order valence-electron chi connectivity index (χ3n) is 3.15. The fourth-order valence-electron chi connectivity index (χ4n) is 2.26. The Balaban J connectivity index is 2.25. The zero-order chi connectivity index (χ0) is 14.3. The molecule has 1 N–H and O–H groups in total. The van der Waals surface area contributed by atoms with Crippen LogP contribution in [-0.4, -0.2) is 16.9 Å². The Labute approximate surface area is 124 Å². The number of benzene rings is 2. The minimum absolute atomic E-state index is 0.0937. The van der Waals surface area contributed by atoms with Gasteiger partial charge in [-0.25, -0.2) is 4.79 Å². The number of aromatic carboxylic acids is 1. The van der Waals surface area contributed by atoms with E-state index in [-0.39, 0.29) is 28.4 Å². The van der Waals surface area contributed by atoms with Gasteiger partial charge in [-0.05, 0) is 23.8 Å². The summed E-state index contributed by atoms with van der Waals surface area (Å²) in [5.41, 5.74) is 1.02. The summed E-state index contributed by atoms with van der Waals surface area (Å²) in [4.78, 5) is 25.4. The molecule has 2 aromatic carbocycles. The van der Waals surface area contributed by atoms with E-state index in [0.29, 0.717) is 4.90 Å². The minimum Gasteiger partial charge on any atom is -0.478 e. The van der Waals surface area contributed by atoms with E-state index < -0.39 is 5.97 Å². The SMILES string of the molecule is O=C(O)c1c(Cl)ccc2c1C(=O)Cc1ccccc1S2. The molecule has 0 bridgehead atoms. The van der Waals surface area contributed by atoms with Crippen molar-refractivity contribution < 1.29 is 14.7 Å². The zero-order valence-corrected chi connectivity index (χ0v) is 11.8. The van der Waals surface area contributed by atoms with Crippen molar-refractivity contribution in [3.8, 4) is 0 Å². The van der Waals surface area contributed by atoms with Gasteiger partial charge in [0.15, 0.2) is 5.78 Å². The average molecular weight is 305 g/mol. The van der Waals surface area contributed by atoms with Crippen LogP contribution in [0.3, 0.4) is 0 Å². The molecule has 0 radical (unpaired) electrons. The van der Waals surface area contributed by atoms with Gasteiger partial charge in [-0.15, -0.1) is 0 Å². The Morgan fingerprint density at radius 1 is 1.15 bits per heavy atom. The van der Waals surface area contributed by atoms with Gasteiger partial charge in [0.1, 0.15) is 0 Å². The lowest BCUT2D eigenvalue weighted by Crippen LogP contribution is -2.11. The molecule has 1 aliphatic rings. The first-order valence-corrected chi connectivity index (χ1v) is 7.12. The molecule has 0 aliphatic carbocycles. The molecule has 20 heavy (non-hydrogen) atoms. The van der Waals surface area contributed by atoms with Crippen LogP contribution in [0.4, 0.5) is 0 Å². The van der Waals surface area contributed by atoms with Crippen LogP contribution in [-0.2, 0) is 6.42 Å². The molecule has 0 saturated heterocycles. The number of carbonyl (C=O) groups excluding carboxylic acids is 1. The summed E-state index contributed by atoms with van der Waals surface area (Å²) in [6.45, 7) is 0. The zero-order valence-electron chi connectivity index (χ0n) is 10.2. The molecule has 1 heterocycles. The largest absolute Gasteiger partial charge is 0.478 e. The van der Waals surface area contributed by atoms with Gasteiger partial charge in [-0.2, -0.15) is 0 Å². The van der Waals surface area contributed by atoms with Gasteiger partial charge in [0.05, 0.1) is 10.6 Å². The fourth-order valence-corrected chi connectivity index (χ4v) is 3.61. The van der Waals surface area contributed by atoms with E-state index in [1.165, 1.54) is 17.8 Å². The van der Waals surface area contributed by atoms with Gasteiger partial charge in [-0.3, -0.25) is 4.79 Å². The third-order valence-corrected chi connectivity index (χ3v) is 4.65. The Kier molecular flexibility index (Phi) is 3.28. The lowest BCUT2D eigenvalue weighted by molar-refractivity contribution is 0.0691. The van der Waals surface area contributed by atoms with Crippen LogP contribution in [0, 0.1) is 0 Å². The standard InChI is InChI=1S/C15H9ClO3S/c16-9-5-6-12-14(13(9)15(18)19)10(17)7-8-3-1-2-4-11(8)20-12/h1-6H,7H2,(H,18,19). The Hall–Kier alpha value is -1.78. The molecule has 2 aromatic rings. The van der Waals surface area contributed by atoms with Crippen LogP contribution in [0.1, 0.15) is 26.3 Å². The monoisotopic (exact) mass is 304 g/mol. The van der Waals surface area contributed by atoms with Crippen LogP contribution in [0.2, 0.25) is 5.02 Å². The number of Topliss-reactive ketones (excluding diaryl/α,β-unsaturated/α-hetero) is 1. The highest BCUT2D eigenvalue weighted by atomic mass is 35.5. The maximum Gasteiger partial charge on any atom is 0.337 e. The van der Waals surface area contributed by atoms with Gasteiger partial charge < -0.3 is 5.11 Å². The Bertz CT molecular complexity index is 740. The van der Waals surface area contributed by atoms with E-state index >= 15 is 0 Å². The topological polar surface area (TPSA) is 54.4 Å². The maximum atomic E-state index is 12.4. The maximum absolute atomic E-state index is 12.4. The number of ketones is 1. The number of fused-ring (bicyclic) bond motifs is 2. The van der Waals surface area contributed by atoms with E-state index in [4.69, 9.17) is 11.6 Å². The molecule has 0 spiro atoms. The van der Waals surface area contributed by atoms with Crippen molar-refractivity contribution in [2.24, 2.45) is 0 Å². The quantitative estimate of drug-likeness (QED) is 0.867. The molecule has 1 aliphatic heterocycles. The van der Waals surface area contributed by atoms with Gasteiger partial charge in [0.25, 0.3) is 0 Å². The number of carbonyl (C=O) groups is 2. The molecule has 5 heteroatoms. The summed E-state index contributed by atoms with van der Waals surface area (Å²) in [5, 5.41) is 9.40. The van der Waals surface area contributed by atoms with E-state index in [1.54, 1.807) is 6.07 Å². The average Bonchev–Trinajstić information content (AvgIpc) is 2.55. The molecule has 0 atom stereocenters. The van der Waals surface area contributed by atoms with Crippen LogP contribution in [0.5, 0.6) is 0 Å². The summed E-state index contributed by atoms with van der Waals surface area (Å²) >= 11 is 7.35. The molecular weight excluding hydrogens is 296 g/mol. The van der Waals surface area contributed by atoms with Crippen LogP contribution in [0.25, 0.3) is 0 Å². The van der Waals surface area contributed by atoms with E-state index in [0.717, 1.165) is 10.5 Å². The number of halogens is 1. The summed E-state index contributed by atoms with van der Waals surface area (Å²) in [6, 6.07) is 10.8. The normalized spacial score (nSPS) is 13.3. The van der Waals surface area contributed by atoms with Crippen LogP contribution in [0.15, 0.2) is 46.2 Å². The molecule has 0 saturated carbocycles. The van der Waals surface area contributed by atoms with Crippen molar-refractivity contribution in [1.82, 2.24) is 0 Å². The highest BCUT2D eigenvalue weighted by Gasteiger charge is 2.27. The smallest absolute Gasteiger partial charge is 0.337 e. The lowest BCUT2D eigenvalue weighted by Gasteiger charge is -2.09. The van der Waals surface area contributed by atoms with Gasteiger partial charge >= 0.3 is 5.97 Å². The fraction of sp³-hybridized carbons (Fsp3) is 0.0667. The third kappa shape index (κ3) is 2.11. The molecule has 0 aromatic heterocycles. The second kappa shape index (κ2) is 4.96. The van der Waals surface area contributed by atoms with Crippen molar-refractivity contribution in [2.75, 3.05) is 0 Å². The van der Waals surface area contributed by atoms with Crippen molar-refractivity contribution in [1.29, 1.82) is 0 Å². The number of carboxylic acids is 1. The van der Waals surface area contributed by atoms with E-state index in [9.17, 15) is 14.7 Å². The number of carboxylic acid groups (broad SMARTS) is 1. The molecular formula is C15H9ClO3S. The Morgan fingerprint density at radius 2 is 1.90 bits per heavy atom. The highest BCUT2D eigenvalue weighted by Crippen LogP contribution is 2.39. The number of rotatable bonds is 1. The second-order valence-electron chi connectivity index (χ2n) is 4.41. The molecule has 0 amide bonds. The van der Waals surface area contributed by atoms with Crippen LogP contribution >= 0.6 is 23.4 Å².